The van der Waals surface area contributed by atoms with Crippen LogP contribution in [0.3, 0.4) is 0 Å². The van der Waals surface area contributed by atoms with Crippen molar-refractivity contribution in [1.82, 2.24) is 5.32 Å². The van der Waals surface area contributed by atoms with E-state index < -0.39 is 23.9 Å². The molecule has 0 aliphatic carbocycles. The topological polar surface area (TPSA) is 92.7 Å². The highest BCUT2D eigenvalue weighted by atomic mass is 35.5. The van der Waals surface area contributed by atoms with Crippen LogP contribution in [0, 0.1) is 6.92 Å². The van der Waals surface area contributed by atoms with Gasteiger partial charge in [-0.05, 0) is 31.0 Å². The Balaban J connectivity index is 2.79. The molecule has 0 radical (unpaired) electrons. The Morgan fingerprint density at radius 2 is 2.05 bits per heavy atom. The minimum atomic E-state index is -1.22. The van der Waals surface area contributed by atoms with Crippen LogP contribution < -0.4 is 5.32 Å². The number of carbonyl (C=O) groups excluding carboxylic acids is 2. The van der Waals surface area contributed by atoms with Crippen LogP contribution >= 0.6 is 11.6 Å². The minimum Gasteiger partial charge on any atom is -0.480 e. The van der Waals surface area contributed by atoms with Crippen molar-refractivity contribution in [2.75, 3.05) is 7.11 Å². The van der Waals surface area contributed by atoms with E-state index in [0.717, 1.165) is 0 Å². The van der Waals surface area contributed by atoms with Crippen molar-refractivity contribution < 1.29 is 24.2 Å². The number of esters is 1. The fraction of sp³-hybridized carbons (Fsp3) is 0.357. The van der Waals surface area contributed by atoms with Crippen molar-refractivity contribution in [2.45, 2.75) is 25.8 Å². The number of nitrogens with one attached hydrogen (secondary N) is 1. The third-order valence-corrected chi connectivity index (χ3v) is 3.15. The molecule has 6 nitrogen and oxygen atoms in total. The van der Waals surface area contributed by atoms with Gasteiger partial charge in [-0.3, -0.25) is 9.59 Å². The number of carbonyl (C=O) groups is 3. The van der Waals surface area contributed by atoms with Gasteiger partial charge in [-0.1, -0.05) is 17.7 Å². The Hall–Kier alpha value is -2.08. The molecule has 0 aliphatic heterocycles. The van der Waals surface area contributed by atoms with Crippen LogP contribution in [0.15, 0.2) is 18.2 Å². The molecular weight excluding hydrogens is 298 g/mol. The van der Waals surface area contributed by atoms with Crippen LogP contribution in [0.2, 0.25) is 5.02 Å². The summed E-state index contributed by atoms with van der Waals surface area (Å²) < 4.78 is 4.44. The van der Waals surface area contributed by atoms with Gasteiger partial charge in [-0.25, -0.2) is 4.79 Å². The number of carboxylic acid groups (broad SMARTS) is 1. The second-order valence-corrected chi connectivity index (χ2v) is 4.87. The first kappa shape index (κ1) is 17.0. The van der Waals surface area contributed by atoms with Gasteiger partial charge in [0.15, 0.2) is 0 Å². The van der Waals surface area contributed by atoms with Crippen molar-refractivity contribution in [1.29, 1.82) is 0 Å². The standard InChI is InChI=1S/C14H16ClNO5/c1-8-3-4-9(15)7-10(8)13(18)16-11(14(19)20)5-6-12(17)21-2/h3-4,7,11H,5-6H2,1-2H3,(H,16,18)(H,19,20)/t11-/m0/s1. The number of carboxylic acids is 1. The van der Waals surface area contributed by atoms with Crippen LogP contribution in [0.5, 0.6) is 0 Å². The molecule has 0 heterocycles. The maximum atomic E-state index is 12.1. The SMILES string of the molecule is COC(=O)CC[C@H](NC(=O)c1cc(Cl)ccc1C)C(=O)O. The molecule has 21 heavy (non-hydrogen) atoms. The molecule has 0 saturated heterocycles. The summed E-state index contributed by atoms with van der Waals surface area (Å²) in [5.74, 6) is -2.30. The van der Waals surface area contributed by atoms with Crippen LogP contribution in [-0.2, 0) is 14.3 Å². The smallest absolute Gasteiger partial charge is 0.326 e. The number of hydrogen-bond donors (Lipinski definition) is 2. The number of benzene rings is 1. The van der Waals surface area contributed by atoms with Crippen LogP contribution in [-0.4, -0.2) is 36.1 Å². The van der Waals surface area contributed by atoms with Gasteiger partial charge in [0, 0.05) is 17.0 Å². The molecular formula is C14H16ClNO5. The molecule has 0 aromatic heterocycles. The fourth-order valence-corrected chi connectivity index (χ4v) is 1.87. The molecule has 1 atom stereocenters. The van der Waals surface area contributed by atoms with Gasteiger partial charge in [-0.15, -0.1) is 0 Å². The van der Waals surface area contributed by atoms with Crippen molar-refractivity contribution in [2.24, 2.45) is 0 Å². The number of hydrogen-bond acceptors (Lipinski definition) is 4. The molecule has 7 heteroatoms. The fourth-order valence-electron chi connectivity index (χ4n) is 1.70. The zero-order chi connectivity index (χ0) is 16.0. The third kappa shape index (κ3) is 5.07. The lowest BCUT2D eigenvalue weighted by Gasteiger charge is -2.15. The minimum absolute atomic E-state index is 0.0483. The first-order valence-electron chi connectivity index (χ1n) is 6.21. The summed E-state index contributed by atoms with van der Waals surface area (Å²) in [4.78, 5) is 34.3. The maximum Gasteiger partial charge on any atom is 0.326 e. The monoisotopic (exact) mass is 313 g/mol. The summed E-state index contributed by atoms with van der Waals surface area (Å²) in [7, 11) is 1.21. The van der Waals surface area contributed by atoms with Crippen LogP contribution in [0.4, 0.5) is 0 Å². The molecule has 1 aromatic rings. The molecule has 1 amide bonds. The normalized spacial score (nSPS) is 11.6. The Morgan fingerprint density at radius 3 is 2.62 bits per heavy atom. The second-order valence-electron chi connectivity index (χ2n) is 4.44. The molecule has 1 rings (SSSR count). The molecule has 0 bridgehead atoms. The second kappa shape index (κ2) is 7.64. The molecule has 2 N–H and O–H groups in total. The third-order valence-electron chi connectivity index (χ3n) is 2.91. The lowest BCUT2D eigenvalue weighted by atomic mass is 10.1. The average Bonchev–Trinajstić information content (AvgIpc) is 2.44. The van der Waals surface area contributed by atoms with Gasteiger partial charge in [0.2, 0.25) is 0 Å². The summed E-state index contributed by atoms with van der Waals surface area (Å²) in [6.45, 7) is 1.72. The van der Waals surface area contributed by atoms with Gasteiger partial charge < -0.3 is 15.2 Å². The van der Waals surface area contributed by atoms with E-state index in [9.17, 15) is 14.4 Å². The molecule has 0 unspecified atom stereocenters. The number of rotatable bonds is 6. The summed E-state index contributed by atoms with van der Waals surface area (Å²) in [5.41, 5.74) is 0.973. The van der Waals surface area contributed by atoms with E-state index in [1.807, 2.05) is 0 Å². The van der Waals surface area contributed by atoms with Crippen molar-refractivity contribution in [3.05, 3.63) is 34.3 Å². The number of halogens is 1. The lowest BCUT2D eigenvalue weighted by molar-refractivity contribution is -0.142. The molecule has 0 fully saturated rings. The molecule has 114 valence electrons. The Labute approximate surface area is 127 Å². The summed E-state index contributed by atoms with van der Waals surface area (Å²) in [6, 6.07) is 3.60. The first-order chi connectivity index (χ1) is 9.85. The van der Waals surface area contributed by atoms with E-state index in [1.54, 1.807) is 19.1 Å². The van der Waals surface area contributed by atoms with Gasteiger partial charge in [-0.2, -0.15) is 0 Å². The predicted molar refractivity (Wildman–Crippen MR) is 76.3 cm³/mol. The largest absolute Gasteiger partial charge is 0.480 e. The Morgan fingerprint density at radius 1 is 1.38 bits per heavy atom. The zero-order valence-electron chi connectivity index (χ0n) is 11.7. The number of aryl methyl sites for hydroxylation is 1. The highest BCUT2D eigenvalue weighted by molar-refractivity contribution is 6.31. The molecule has 0 aliphatic rings. The summed E-state index contributed by atoms with van der Waals surface area (Å²) in [5, 5.41) is 11.8. The van der Waals surface area contributed by atoms with E-state index >= 15 is 0 Å². The highest BCUT2D eigenvalue weighted by Gasteiger charge is 2.22. The number of methoxy groups -OCH3 is 1. The lowest BCUT2D eigenvalue weighted by Crippen LogP contribution is -2.41. The predicted octanol–water partition coefficient (Wildman–Crippen LogP) is 1.78. The van der Waals surface area contributed by atoms with Crippen LogP contribution in [0.1, 0.15) is 28.8 Å². The average molecular weight is 314 g/mol. The Kier molecular flexibility index (Phi) is 6.17. The molecule has 1 aromatic carbocycles. The van der Waals surface area contributed by atoms with Crippen molar-refractivity contribution in [3.63, 3.8) is 0 Å². The van der Waals surface area contributed by atoms with Gasteiger partial charge in [0.1, 0.15) is 6.04 Å². The van der Waals surface area contributed by atoms with E-state index in [1.165, 1.54) is 13.2 Å². The van der Waals surface area contributed by atoms with E-state index in [2.05, 4.69) is 10.1 Å². The van der Waals surface area contributed by atoms with Gasteiger partial charge >= 0.3 is 11.9 Å². The number of ether oxygens (including phenoxy) is 1. The zero-order valence-corrected chi connectivity index (χ0v) is 12.4. The van der Waals surface area contributed by atoms with E-state index in [-0.39, 0.29) is 12.8 Å². The Bertz CT molecular complexity index is 558. The van der Waals surface area contributed by atoms with Crippen molar-refractivity contribution in [3.8, 4) is 0 Å². The first-order valence-corrected chi connectivity index (χ1v) is 6.59. The van der Waals surface area contributed by atoms with E-state index in [0.29, 0.717) is 16.1 Å². The molecule has 0 saturated carbocycles. The van der Waals surface area contributed by atoms with Crippen molar-refractivity contribution >= 4 is 29.4 Å². The summed E-state index contributed by atoms with van der Waals surface area (Å²) >= 11 is 5.82. The quantitative estimate of drug-likeness (QED) is 0.781. The van der Waals surface area contributed by atoms with E-state index in [4.69, 9.17) is 16.7 Å². The molecule has 0 spiro atoms. The number of aliphatic carboxylic acids is 1. The summed E-state index contributed by atoms with van der Waals surface area (Å²) in [6.07, 6.45) is -0.143. The highest BCUT2D eigenvalue weighted by Crippen LogP contribution is 2.15. The maximum absolute atomic E-state index is 12.1. The number of amides is 1. The van der Waals surface area contributed by atoms with Gasteiger partial charge in [0.25, 0.3) is 5.91 Å². The van der Waals surface area contributed by atoms with Gasteiger partial charge in [0.05, 0.1) is 7.11 Å². The van der Waals surface area contributed by atoms with Crippen LogP contribution in [0.25, 0.3) is 0 Å².